The average molecular weight is 257 g/mol. The summed E-state index contributed by atoms with van der Waals surface area (Å²) in [6.07, 6.45) is 0. The minimum absolute atomic E-state index is 1.18. The quantitative estimate of drug-likeness (QED) is 0.476. The van der Waals surface area contributed by atoms with Crippen LogP contribution in [0.15, 0.2) is 66.7 Å². The zero-order valence-electron chi connectivity index (χ0n) is 11.4. The third-order valence-electron chi connectivity index (χ3n) is 3.84. The van der Waals surface area contributed by atoms with E-state index in [2.05, 4.69) is 78.6 Å². The molecule has 0 unspecified atom stereocenters. The molecule has 0 fully saturated rings. The monoisotopic (exact) mass is 257 g/mol. The van der Waals surface area contributed by atoms with Crippen molar-refractivity contribution in [3.05, 3.63) is 72.3 Å². The highest BCUT2D eigenvalue weighted by atomic mass is 14.7. The van der Waals surface area contributed by atoms with Crippen LogP contribution in [0.25, 0.3) is 32.9 Å². The Morgan fingerprint density at radius 2 is 1.50 bits per heavy atom. The Hall–Kier alpha value is -2.54. The molecule has 0 amide bonds. The summed E-state index contributed by atoms with van der Waals surface area (Å²) in [4.78, 5) is 3.52. The van der Waals surface area contributed by atoms with Crippen LogP contribution in [0, 0.1) is 6.92 Å². The third-order valence-corrected chi connectivity index (χ3v) is 3.84. The number of aryl methyl sites for hydroxylation is 1. The first-order valence-corrected chi connectivity index (χ1v) is 6.88. The summed E-state index contributed by atoms with van der Waals surface area (Å²) in [6.45, 7) is 2.12. The molecule has 0 bridgehead atoms. The Morgan fingerprint density at radius 1 is 0.700 bits per heavy atom. The lowest BCUT2D eigenvalue weighted by Crippen LogP contribution is -1.78. The van der Waals surface area contributed by atoms with Gasteiger partial charge in [0.25, 0.3) is 0 Å². The molecule has 3 aromatic carbocycles. The van der Waals surface area contributed by atoms with Gasteiger partial charge in [-0.15, -0.1) is 0 Å². The van der Waals surface area contributed by atoms with Crippen molar-refractivity contribution in [2.45, 2.75) is 6.92 Å². The highest BCUT2D eigenvalue weighted by Crippen LogP contribution is 2.27. The smallest absolute Gasteiger partial charge is 0.0464 e. The molecule has 0 radical (unpaired) electrons. The van der Waals surface area contributed by atoms with E-state index in [4.69, 9.17) is 0 Å². The van der Waals surface area contributed by atoms with E-state index >= 15 is 0 Å². The van der Waals surface area contributed by atoms with E-state index in [1.807, 2.05) is 0 Å². The first kappa shape index (κ1) is 11.3. The van der Waals surface area contributed by atoms with Gasteiger partial charge in [0.15, 0.2) is 0 Å². The number of hydrogen-bond donors (Lipinski definition) is 1. The van der Waals surface area contributed by atoms with Crippen molar-refractivity contribution < 1.29 is 0 Å². The normalized spacial score (nSPS) is 11.2. The van der Waals surface area contributed by atoms with E-state index in [9.17, 15) is 0 Å². The van der Waals surface area contributed by atoms with Crippen LogP contribution in [0.3, 0.4) is 0 Å². The van der Waals surface area contributed by atoms with Crippen molar-refractivity contribution in [1.82, 2.24) is 4.98 Å². The SMILES string of the molecule is Cc1ccc2cc(-c3ccc4ccccc4c3)[nH]c2c1. The summed E-state index contributed by atoms with van der Waals surface area (Å²) >= 11 is 0. The van der Waals surface area contributed by atoms with E-state index < -0.39 is 0 Å². The molecular formula is C19H15N. The predicted octanol–water partition coefficient (Wildman–Crippen LogP) is 5.30. The van der Waals surface area contributed by atoms with Gasteiger partial charge < -0.3 is 4.98 Å². The van der Waals surface area contributed by atoms with Crippen molar-refractivity contribution in [1.29, 1.82) is 0 Å². The van der Waals surface area contributed by atoms with Crippen LogP contribution >= 0.6 is 0 Å². The van der Waals surface area contributed by atoms with Crippen molar-refractivity contribution in [3.63, 3.8) is 0 Å². The molecule has 0 aliphatic carbocycles. The molecule has 0 saturated carbocycles. The minimum atomic E-state index is 1.18. The highest BCUT2D eigenvalue weighted by Gasteiger charge is 2.04. The van der Waals surface area contributed by atoms with E-state index in [1.165, 1.54) is 38.5 Å². The number of fused-ring (bicyclic) bond motifs is 2. The Bertz CT molecular complexity index is 915. The Balaban J connectivity index is 1.91. The van der Waals surface area contributed by atoms with Gasteiger partial charge in [0, 0.05) is 16.6 Å². The van der Waals surface area contributed by atoms with E-state index in [1.54, 1.807) is 0 Å². The fraction of sp³-hybridized carbons (Fsp3) is 0.0526. The second kappa shape index (κ2) is 4.24. The van der Waals surface area contributed by atoms with Gasteiger partial charge in [0.1, 0.15) is 0 Å². The largest absolute Gasteiger partial charge is 0.355 e. The molecule has 20 heavy (non-hydrogen) atoms. The van der Waals surface area contributed by atoms with Crippen LogP contribution < -0.4 is 0 Å². The van der Waals surface area contributed by atoms with Gasteiger partial charge in [0.05, 0.1) is 0 Å². The standard InChI is InChI=1S/C19H15N/c1-13-6-7-17-12-19(20-18(17)10-13)16-9-8-14-4-2-3-5-15(14)11-16/h2-12,20H,1H3. The molecule has 0 aliphatic rings. The second-order valence-electron chi connectivity index (χ2n) is 5.34. The number of rotatable bonds is 1. The molecule has 1 heteroatoms. The van der Waals surface area contributed by atoms with Crippen LogP contribution in [0.2, 0.25) is 0 Å². The van der Waals surface area contributed by atoms with Crippen LogP contribution in [0.4, 0.5) is 0 Å². The van der Waals surface area contributed by atoms with E-state index in [0.717, 1.165) is 0 Å². The van der Waals surface area contributed by atoms with E-state index in [0.29, 0.717) is 0 Å². The number of aromatic amines is 1. The second-order valence-corrected chi connectivity index (χ2v) is 5.34. The molecular weight excluding hydrogens is 242 g/mol. The zero-order valence-corrected chi connectivity index (χ0v) is 11.4. The lowest BCUT2D eigenvalue weighted by molar-refractivity contribution is 1.43. The van der Waals surface area contributed by atoms with Crippen molar-refractivity contribution in [2.24, 2.45) is 0 Å². The summed E-state index contributed by atoms with van der Waals surface area (Å²) in [6, 6.07) is 23.8. The maximum Gasteiger partial charge on any atom is 0.0464 e. The van der Waals surface area contributed by atoms with Crippen LogP contribution in [0.5, 0.6) is 0 Å². The fourth-order valence-corrected chi connectivity index (χ4v) is 2.75. The van der Waals surface area contributed by atoms with Gasteiger partial charge in [0.2, 0.25) is 0 Å². The van der Waals surface area contributed by atoms with Gasteiger partial charge in [-0.25, -0.2) is 0 Å². The topological polar surface area (TPSA) is 15.8 Å². The molecule has 96 valence electrons. The first-order chi connectivity index (χ1) is 9.79. The predicted molar refractivity (Wildman–Crippen MR) is 86.0 cm³/mol. The summed E-state index contributed by atoms with van der Waals surface area (Å²) in [7, 11) is 0. The molecule has 4 rings (SSSR count). The van der Waals surface area contributed by atoms with Crippen LogP contribution in [-0.4, -0.2) is 4.98 Å². The van der Waals surface area contributed by atoms with Gasteiger partial charge in [-0.3, -0.25) is 0 Å². The number of H-pyrrole nitrogens is 1. The zero-order chi connectivity index (χ0) is 13.5. The van der Waals surface area contributed by atoms with Gasteiger partial charge in [-0.1, -0.05) is 48.5 Å². The van der Waals surface area contributed by atoms with Crippen molar-refractivity contribution in [2.75, 3.05) is 0 Å². The van der Waals surface area contributed by atoms with Gasteiger partial charge in [-0.2, -0.15) is 0 Å². The molecule has 1 aromatic heterocycles. The Labute approximate surface area is 117 Å². The maximum absolute atomic E-state index is 3.52. The molecule has 1 N–H and O–H groups in total. The first-order valence-electron chi connectivity index (χ1n) is 6.88. The van der Waals surface area contributed by atoms with Crippen LogP contribution in [-0.2, 0) is 0 Å². The number of aromatic nitrogens is 1. The number of hydrogen-bond acceptors (Lipinski definition) is 0. The molecule has 0 spiro atoms. The lowest BCUT2D eigenvalue weighted by atomic mass is 10.1. The third kappa shape index (κ3) is 1.79. The Morgan fingerprint density at radius 3 is 2.40 bits per heavy atom. The molecule has 1 nitrogen and oxygen atoms in total. The number of nitrogens with one attached hydrogen (secondary N) is 1. The lowest BCUT2D eigenvalue weighted by Gasteiger charge is -2.01. The van der Waals surface area contributed by atoms with Crippen molar-refractivity contribution >= 4 is 21.7 Å². The Kier molecular flexibility index (Phi) is 2.40. The summed E-state index contributed by atoms with van der Waals surface area (Å²) < 4.78 is 0. The minimum Gasteiger partial charge on any atom is -0.355 e. The van der Waals surface area contributed by atoms with E-state index in [-0.39, 0.29) is 0 Å². The van der Waals surface area contributed by atoms with Gasteiger partial charge in [-0.05, 0) is 47.0 Å². The maximum atomic E-state index is 3.52. The fourth-order valence-electron chi connectivity index (χ4n) is 2.75. The average Bonchev–Trinajstić information content (AvgIpc) is 2.89. The molecule has 0 aliphatic heterocycles. The summed E-state index contributed by atoms with van der Waals surface area (Å²) in [5.41, 5.74) is 4.89. The molecule has 4 aromatic rings. The molecule has 0 saturated heterocycles. The number of benzene rings is 3. The highest BCUT2D eigenvalue weighted by molar-refractivity contribution is 5.90. The molecule has 0 atom stereocenters. The summed E-state index contributed by atoms with van der Waals surface area (Å²) in [5, 5.41) is 3.82. The van der Waals surface area contributed by atoms with Gasteiger partial charge >= 0.3 is 0 Å². The van der Waals surface area contributed by atoms with Crippen LogP contribution in [0.1, 0.15) is 5.56 Å². The summed E-state index contributed by atoms with van der Waals surface area (Å²) in [5.74, 6) is 0. The van der Waals surface area contributed by atoms with Crippen molar-refractivity contribution in [3.8, 4) is 11.3 Å². The molecule has 1 heterocycles.